The van der Waals surface area contributed by atoms with Crippen LogP contribution in [0.5, 0.6) is 5.75 Å². The number of unbranched alkanes of at least 4 members (excludes halogenated alkanes) is 3. The molecule has 33 heavy (non-hydrogen) atoms. The number of benzene rings is 1. The molecule has 2 heterocycles. The van der Waals surface area contributed by atoms with Crippen molar-refractivity contribution in [2.75, 3.05) is 32.9 Å². The lowest BCUT2D eigenvalue weighted by atomic mass is 10.0. The Morgan fingerprint density at radius 2 is 1.97 bits per heavy atom. The molecule has 0 spiro atoms. The van der Waals surface area contributed by atoms with E-state index in [4.69, 9.17) is 14.6 Å². The molecule has 3 unspecified atom stereocenters. The summed E-state index contributed by atoms with van der Waals surface area (Å²) in [4.78, 5) is 3.66. The molecule has 1 aromatic heterocycles. The Kier molecular flexibility index (Phi) is 9.11. The molecule has 0 saturated carbocycles. The summed E-state index contributed by atoms with van der Waals surface area (Å²) >= 11 is 0.526. The van der Waals surface area contributed by atoms with Crippen LogP contribution in [0.25, 0.3) is 0 Å². The van der Waals surface area contributed by atoms with Crippen molar-refractivity contribution in [2.24, 2.45) is 0 Å². The number of aliphatic hydroxyl groups is 1. The molecule has 1 saturated heterocycles. The van der Waals surface area contributed by atoms with Gasteiger partial charge in [-0.2, -0.15) is 13.2 Å². The fraction of sp³-hybridized carbons (Fsp3) is 0.609. The molecule has 1 aliphatic heterocycles. The number of thiazole rings is 1. The van der Waals surface area contributed by atoms with Crippen molar-refractivity contribution >= 4 is 11.3 Å². The third kappa shape index (κ3) is 7.38. The number of rotatable bonds is 11. The lowest BCUT2D eigenvalue weighted by molar-refractivity contribution is -0.915. The topological polar surface area (TPSA) is 74.6 Å². The first-order valence-corrected chi connectivity index (χ1v) is 12.1. The number of halogens is 3. The van der Waals surface area contributed by atoms with E-state index in [1.807, 2.05) is 31.2 Å². The zero-order valence-corrected chi connectivity index (χ0v) is 19.5. The van der Waals surface area contributed by atoms with E-state index in [2.05, 4.69) is 4.98 Å². The monoisotopic (exact) mass is 488 g/mol. The van der Waals surface area contributed by atoms with Crippen LogP contribution in [0.15, 0.2) is 29.6 Å². The summed E-state index contributed by atoms with van der Waals surface area (Å²) < 4.78 is 49.4. The van der Waals surface area contributed by atoms with Crippen LogP contribution < -0.4 is 4.74 Å². The second kappa shape index (κ2) is 11.6. The van der Waals surface area contributed by atoms with Crippen molar-refractivity contribution in [1.82, 2.24) is 4.98 Å². The van der Waals surface area contributed by atoms with Gasteiger partial charge in [0, 0.05) is 18.4 Å². The second-order valence-electron chi connectivity index (χ2n) is 8.48. The van der Waals surface area contributed by atoms with Crippen molar-refractivity contribution in [3.63, 3.8) is 0 Å². The number of hydrogen-bond acceptors (Lipinski definition) is 6. The Morgan fingerprint density at radius 1 is 1.24 bits per heavy atom. The number of ether oxygens (including phenoxy) is 2. The minimum Gasteiger partial charge on any atom is -0.632 e. The predicted molar refractivity (Wildman–Crippen MR) is 120 cm³/mol. The minimum absolute atomic E-state index is 0.0413. The van der Waals surface area contributed by atoms with Crippen LogP contribution in [-0.2, 0) is 17.3 Å². The Labute approximate surface area is 196 Å². The number of nitrogens with zero attached hydrogens (tertiary/aromatic N) is 2. The van der Waals surface area contributed by atoms with Crippen molar-refractivity contribution in [3.05, 3.63) is 51.1 Å². The minimum atomic E-state index is -4.50. The molecule has 1 fully saturated rings. The SMILES string of the molecule is CC(Cc1ccc(OCCCCCCO)cc1)[N+]1([O-])CCOC(c2csc(C(F)(F)F)n2)C1. The highest BCUT2D eigenvalue weighted by molar-refractivity contribution is 7.09. The number of aromatic nitrogens is 1. The van der Waals surface area contributed by atoms with Gasteiger partial charge in [0.15, 0.2) is 5.01 Å². The molecule has 6 nitrogen and oxygen atoms in total. The fourth-order valence-corrected chi connectivity index (χ4v) is 4.63. The second-order valence-corrected chi connectivity index (χ2v) is 9.33. The summed E-state index contributed by atoms with van der Waals surface area (Å²) in [5.41, 5.74) is 1.18. The summed E-state index contributed by atoms with van der Waals surface area (Å²) in [5.74, 6) is 0.773. The van der Waals surface area contributed by atoms with E-state index >= 15 is 0 Å². The van der Waals surface area contributed by atoms with Gasteiger partial charge >= 0.3 is 6.18 Å². The summed E-state index contributed by atoms with van der Waals surface area (Å²) in [7, 11) is 0. The maximum atomic E-state index is 13.5. The maximum Gasteiger partial charge on any atom is 0.443 e. The van der Waals surface area contributed by atoms with Gasteiger partial charge in [0.1, 0.15) is 24.9 Å². The number of aliphatic hydroxyl groups excluding tert-OH is 1. The summed E-state index contributed by atoms with van der Waals surface area (Å²) in [6.07, 6.45) is -0.933. The molecular weight excluding hydrogens is 457 g/mol. The van der Waals surface area contributed by atoms with Crippen LogP contribution in [0.1, 0.15) is 55.0 Å². The van der Waals surface area contributed by atoms with Gasteiger partial charge in [-0.25, -0.2) is 4.98 Å². The number of morpholine rings is 1. The van der Waals surface area contributed by atoms with E-state index in [9.17, 15) is 18.4 Å². The normalized spacial score (nSPS) is 22.3. The molecule has 2 aromatic rings. The van der Waals surface area contributed by atoms with Crippen LogP contribution in [0.4, 0.5) is 13.2 Å². The average Bonchev–Trinajstić information content (AvgIpc) is 3.28. The maximum absolute atomic E-state index is 13.5. The molecule has 10 heteroatoms. The summed E-state index contributed by atoms with van der Waals surface area (Å²) in [6, 6.07) is 7.38. The highest BCUT2D eigenvalue weighted by Crippen LogP contribution is 2.35. The van der Waals surface area contributed by atoms with Gasteiger partial charge in [-0.1, -0.05) is 18.6 Å². The Bertz CT molecular complexity index is 862. The van der Waals surface area contributed by atoms with E-state index in [0.717, 1.165) is 37.0 Å². The lowest BCUT2D eigenvalue weighted by Crippen LogP contribution is -2.57. The van der Waals surface area contributed by atoms with E-state index in [-0.39, 0.29) is 38.0 Å². The fourth-order valence-electron chi connectivity index (χ4n) is 3.90. The summed E-state index contributed by atoms with van der Waals surface area (Å²) in [6.45, 7) is 3.19. The first-order valence-electron chi connectivity index (χ1n) is 11.3. The molecule has 0 amide bonds. The summed E-state index contributed by atoms with van der Waals surface area (Å²) in [5, 5.41) is 22.7. The quantitative estimate of drug-likeness (QED) is 0.270. The number of alkyl halides is 3. The zero-order valence-electron chi connectivity index (χ0n) is 18.7. The molecule has 0 aliphatic carbocycles. The number of hydrogen-bond donors (Lipinski definition) is 1. The third-order valence-electron chi connectivity index (χ3n) is 5.94. The molecule has 1 N–H and O–H groups in total. The standard InChI is InChI=1S/C23H31F3N2O4S/c1-17(14-18-6-8-19(9-7-18)31-12-5-3-2-4-11-29)28(30)10-13-32-21(15-28)20-16-33-22(27-20)23(24,25)26/h6-9,16-17,21,29H,2-5,10-15H2,1H3. The van der Waals surface area contributed by atoms with Crippen LogP contribution >= 0.6 is 11.3 Å². The van der Waals surface area contributed by atoms with Crippen LogP contribution in [0.3, 0.4) is 0 Å². The zero-order chi connectivity index (χ0) is 23.9. The molecule has 0 bridgehead atoms. The van der Waals surface area contributed by atoms with Crippen LogP contribution in [0, 0.1) is 5.21 Å². The van der Waals surface area contributed by atoms with Crippen molar-refractivity contribution in [3.8, 4) is 5.75 Å². The Hall–Kier alpha value is -1.72. The Morgan fingerprint density at radius 3 is 2.64 bits per heavy atom. The molecular formula is C23H31F3N2O4S. The molecule has 0 radical (unpaired) electrons. The van der Waals surface area contributed by atoms with Crippen molar-refractivity contribution < 1.29 is 32.4 Å². The van der Waals surface area contributed by atoms with Gasteiger partial charge in [0.2, 0.25) is 0 Å². The van der Waals surface area contributed by atoms with Gasteiger partial charge in [-0.3, -0.25) is 0 Å². The van der Waals surface area contributed by atoms with E-state index < -0.39 is 21.9 Å². The van der Waals surface area contributed by atoms with Gasteiger partial charge in [0.25, 0.3) is 0 Å². The number of hydroxylamine groups is 3. The van der Waals surface area contributed by atoms with Crippen molar-refractivity contribution in [1.29, 1.82) is 0 Å². The third-order valence-corrected chi connectivity index (χ3v) is 6.84. The van der Waals surface area contributed by atoms with E-state index in [0.29, 0.717) is 24.4 Å². The Balaban J connectivity index is 1.52. The first kappa shape index (κ1) is 25.9. The predicted octanol–water partition coefficient (Wildman–Crippen LogP) is 5.11. The van der Waals surface area contributed by atoms with E-state index in [1.54, 1.807) is 0 Å². The largest absolute Gasteiger partial charge is 0.632 e. The highest BCUT2D eigenvalue weighted by atomic mass is 32.1. The van der Waals surface area contributed by atoms with Gasteiger partial charge in [-0.15, -0.1) is 11.3 Å². The van der Waals surface area contributed by atoms with Gasteiger partial charge in [-0.05, 0) is 43.9 Å². The van der Waals surface area contributed by atoms with Gasteiger partial charge < -0.3 is 24.4 Å². The molecule has 1 aromatic carbocycles. The van der Waals surface area contributed by atoms with Crippen LogP contribution in [-0.4, -0.2) is 53.7 Å². The molecule has 1 aliphatic rings. The molecule has 3 atom stereocenters. The van der Waals surface area contributed by atoms with Crippen LogP contribution in [0.2, 0.25) is 0 Å². The lowest BCUT2D eigenvalue weighted by Gasteiger charge is -2.51. The highest BCUT2D eigenvalue weighted by Gasteiger charge is 2.39. The average molecular weight is 489 g/mol. The van der Waals surface area contributed by atoms with E-state index in [1.165, 1.54) is 5.38 Å². The first-order chi connectivity index (χ1) is 15.7. The molecule has 184 valence electrons. The molecule has 3 rings (SSSR count). The van der Waals surface area contributed by atoms with Gasteiger partial charge in [0.05, 0.1) is 24.9 Å². The number of quaternary nitrogens is 1. The smallest absolute Gasteiger partial charge is 0.443 e. The van der Waals surface area contributed by atoms with Crippen molar-refractivity contribution in [2.45, 2.75) is 57.3 Å².